The third-order valence-corrected chi connectivity index (χ3v) is 3.54. The van der Waals surface area contributed by atoms with Crippen LogP contribution in [0, 0.1) is 7.14 Å². The summed E-state index contributed by atoms with van der Waals surface area (Å²) in [6.07, 6.45) is 1.74. The van der Waals surface area contributed by atoms with E-state index >= 15 is 0 Å². The first-order chi connectivity index (χ1) is 6.11. The lowest BCUT2D eigenvalue weighted by Gasteiger charge is -2.09. The van der Waals surface area contributed by atoms with Crippen LogP contribution in [0.3, 0.4) is 0 Å². The maximum Gasteiger partial charge on any atom is 0.175 e. The van der Waals surface area contributed by atoms with E-state index in [-0.39, 0.29) is 5.75 Å². The normalized spacial score (nSPS) is 9.77. The molecule has 0 saturated carbocycles. The Morgan fingerprint density at radius 3 is 2.62 bits per heavy atom. The number of phenols is 1. The summed E-state index contributed by atoms with van der Waals surface area (Å²) in [5, 5.41) is 9.63. The largest absolute Gasteiger partial charge is 0.503 e. The molecule has 0 saturated heterocycles. The molecule has 4 heteroatoms. The van der Waals surface area contributed by atoms with Crippen molar-refractivity contribution >= 4 is 51.3 Å². The smallest absolute Gasteiger partial charge is 0.175 e. The molecule has 1 aromatic rings. The molecule has 1 rings (SSSR count). The fourth-order valence-corrected chi connectivity index (χ4v) is 2.38. The van der Waals surface area contributed by atoms with E-state index in [0.29, 0.717) is 5.75 Å². The first-order valence-corrected chi connectivity index (χ1v) is 5.65. The van der Waals surface area contributed by atoms with E-state index in [1.54, 1.807) is 13.2 Å². The minimum atomic E-state index is 0.193. The van der Waals surface area contributed by atoms with Gasteiger partial charge in [0.05, 0.1) is 14.3 Å². The number of hydrogen-bond acceptors (Lipinski definition) is 2. The number of hydrogen-bond donors (Lipinski definition) is 1. The van der Waals surface area contributed by atoms with Gasteiger partial charge < -0.3 is 9.84 Å². The molecule has 0 aliphatic carbocycles. The third kappa shape index (κ3) is 2.09. The van der Waals surface area contributed by atoms with E-state index in [2.05, 4.69) is 51.8 Å². The highest BCUT2D eigenvalue weighted by Crippen LogP contribution is 2.37. The van der Waals surface area contributed by atoms with E-state index < -0.39 is 0 Å². The molecule has 70 valence electrons. The molecule has 0 spiro atoms. The molecule has 0 aliphatic rings. The highest BCUT2D eigenvalue weighted by Gasteiger charge is 2.13. The van der Waals surface area contributed by atoms with Crippen molar-refractivity contribution in [2.75, 3.05) is 7.11 Å². The number of halogens is 2. The second kappa shape index (κ2) is 4.50. The molecule has 1 aromatic carbocycles. The van der Waals surface area contributed by atoms with Crippen LogP contribution in [0.2, 0.25) is 0 Å². The second-order valence-electron chi connectivity index (χ2n) is 2.35. The predicted molar refractivity (Wildman–Crippen MR) is 70.2 cm³/mol. The van der Waals surface area contributed by atoms with Gasteiger partial charge in [0.25, 0.3) is 0 Å². The van der Waals surface area contributed by atoms with Crippen LogP contribution in [0.25, 0.3) is 6.08 Å². The van der Waals surface area contributed by atoms with Crippen molar-refractivity contribution in [3.05, 3.63) is 25.3 Å². The Morgan fingerprint density at radius 1 is 1.54 bits per heavy atom. The molecule has 0 aliphatic heterocycles. The zero-order valence-electron chi connectivity index (χ0n) is 6.97. The van der Waals surface area contributed by atoms with Gasteiger partial charge in [0, 0.05) is 0 Å². The summed E-state index contributed by atoms with van der Waals surface area (Å²) in [4.78, 5) is 0. The Bertz CT molecular complexity index is 348. The molecule has 0 aromatic heterocycles. The summed E-state index contributed by atoms with van der Waals surface area (Å²) in [6, 6.07) is 1.87. The van der Waals surface area contributed by atoms with Crippen LogP contribution in [0.15, 0.2) is 12.6 Å². The van der Waals surface area contributed by atoms with Crippen LogP contribution in [0.1, 0.15) is 5.56 Å². The summed E-state index contributed by atoms with van der Waals surface area (Å²) in [5.41, 5.74) is 0.972. The van der Waals surface area contributed by atoms with Gasteiger partial charge in [-0.2, -0.15) is 0 Å². The molecule has 0 unspecified atom stereocenters. The van der Waals surface area contributed by atoms with Crippen LogP contribution >= 0.6 is 45.2 Å². The first kappa shape index (κ1) is 11.1. The van der Waals surface area contributed by atoms with Crippen molar-refractivity contribution in [3.63, 3.8) is 0 Å². The lowest BCUT2D eigenvalue weighted by Crippen LogP contribution is -1.92. The monoisotopic (exact) mass is 402 g/mol. The molecular formula is C9H8I2O2. The fourth-order valence-electron chi connectivity index (χ4n) is 0.947. The van der Waals surface area contributed by atoms with Gasteiger partial charge in [-0.05, 0) is 56.8 Å². The molecule has 2 nitrogen and oxygen atoms in total. The molecule has 0 heterocycles. The molecular weight excluding hydrogens is 394 g/mol. The van der Waals surface area contributed by atoms with Crippen LogP contribution in [-0.4, -0.2) is 12.2 Å². The SMILES string of the molecule is C=Cc1cc(I)c(O)c(OC)c1I. The number of methoxy groups -OCH3 is 1. The van der Waals surface area contributed by atoms with Crippen molar-refractivity contribution < 1.29 is 9.84 Å². The van der Waals surface area contributed by atoms with Crippen LogP contribution < -0.4 is 4.74 Å². The summed E-state index contributed by atoms with van der Waals surface area (Å²) in [6.45, 7) is 3.69. The number of benzene rings is 1. The van der Waals surface area contributed by atoms with Gasteiger partial charge in [0.1, 0.15) is 0 Å². The maximum absolute atomic E-state index is 9.63. The number of rotatable bonds is 2. The van der Waals surface area contributed by atoms with Crippen LogP contribution in [0.5, 0.6) is 11.5 Å². The maximum atomic E-state index is 9.63. The number of aromatic hydroxyl groups is 1. The Morgan fingerprint density at radius 2 is 2.15 bits per heavy atom. The summed E-state index contributed by atoms with van der Waals surface area (Å²) in [7, 11) is 1.54. The molecule has 1 N–H and O–H groups in total. The van der Waals surface area contributed by atoms with E-state index in [1.165, 1.54) is 0 Å². The average Bonchev–Trinajstić information content (AvgIpc) is 2.12. The molecule has 0 bridgehead atoms. The standard InChI is InChI=1S/C9H8I2O2/c1-3-5-4-6(10)8(12)9(13-2)7(5)11/h3-4,12H,1H2,2H3. The lowest BCUT2D eigenvalue weighted by molar-refractivity contribution is 0.369. The van der Waals surface area contributed by atoms with Crippen molar-refractivity contribution in [2.45, 2.75) is 0 Å². The van der Waals surface area contributed by atoms with Gasteiger partial charge in [-0.1, -0.05) is 12.7 Å². The predicted octanol–water partition coefficient (Wildman–Crippen LogP) is 3.25. The zero-order chi connectivity index (χ0) is 10.0. The topological polar surface area (TPSA) is 29.5 Å². The van der Waals surface area contributed by atoms with Gasteiger partial charge >= 0.3 is 0 Å². The minimum absolute atomic E-state index is 0.193. The van der Waals surface area contributed by atoms with Crippen LogP contribution in [0.4, 0.5) is 0 Å². The quantitative estimate of drug-likeness (QED) is 0.771. The fraction of sp³-hybridized carbons (Fsp3) is 0.111. The van der Waals surface area contributed by atoms with Crippen molar-refractivity contribution in [2.24, 2.45) is 0 Å². The molecule has 13 heavy (non-hydrogen) atoms. The Labute approximate surface area is 104 Å². The Kier molecular flexibility index (Phi) is 3.84. The molecule has 0 radical (unpaired) electrons. The summed E-state index contributed by atoms with van der Waals surface area (Å²) in [5.74, 6) is 0.709. The van der Waals surface area contributed by atoms with Crippen LogP contribution in [-0.2, 0) is 0 Å². The molecule has 0 atom stereocenters. The highest BCUT2D eigenvalue weighted by atomic mass is 127. The van der Waals surface area contributed by atoms with Gasteiger partial charge in [-0.15, -0.1) is 0 Å². The summed E-state index contributed by atoms with van der Waals surface area (Å²) >= 11 is 4.18. The van der Waals surface area contributed by atoms with Gasteiger partial charge in [-0.3, -0.25) is 0 Å². The van der Waals surface area contributed by atoms with Gasteiger partial charge in [0.15, 0.2) is 11.5 Å². The van der Waals surface area contributed by atoms with Crippen molar-refractivity contribution in [1.82, 2.24) is 0 Å². The lowest BCUT2D eigenvalue weighted by atomic mass is 10.2. The van der Waals surface area contributed by atoms with E-state index in [1.807, 2.05) is 6.07 Å². The van der Waals surface area contributed by atoms with E-state index in [0.717, 1.165) is 12.7 Å². The Hall–Kier alpha value is 0.0200. The minimum Gasteiger partial charge on any atom is -0.503 e. The summed E-state index contributed by atoms with van der Waals surface area (Å²) < 4.78 is 6.74. The number of ether oxygens (including phenoxy) is 1. The highest BCUT2D eigenvalue weighted by molar-refractivity contribution is 14.1. The van der Waals surface area contributed by atoms with Gasteiger partial charge in [0.2, 0.25) is 0 Å². The van der Waals surface area contributed by atoms with Gasteiger partial charge in [-0.25, -0.2) is 0 Å². The first-order valence-electron chi connectivity index (χ1n) is 3.49. The third-order valence-electron chi connectivity index (χ3n) is 1.60. The van der Waals surface area contributed by atoms with Crippen molar-refractivity contribution in [1.29, 1.82) is 0 Å². The number of phenolic OH excluding ortho intramolecular Hbond substituents is 1. The van der Waals surface area contributed by atoms with E-state index in [4.69, 9.17) is 4.74 Å². The second-order valence-corrected chi connectivity index (χ2v) is 4.59. The molecule has 0 fully saturated rings. The molecule has 0 amide bonds. The van der Waals surface area contributed by atoms with Crippen molar-refractivity contribution in [3.8, 4) is 11.5 Å². The zero-order valence-corrected chi connectivity index (χ0v) is 11.3. The average molecular weight is 402 g/mol. The van der Waals surface area contributed by atoms with E-state index in [9.17, 15) is 5.11 Å². The Balaban J connectivity index is 3.47.